The molecule has 19 heavy (non-hydrogen) atoms. The first kappa shape index (κ1) is 11.6. The van der Waals surface area contributed by atoms with Crippen LogP contribution in [0.1, 0.15) is 21.9 Å². The Bertz CT molecular complexity index is 746. The molecule has 0 bridgehead atoms. The Balaban J connectivity index is 2.01. The molecule has 0 fully saturated rings. The van der Waals surface area contributed by atoms with Gasteiger partial charge in [-0.3, -0.25) is 9.78 Å². The van der Waals surface area contributed by atoms with E-state index >= 15 is 0 Å². The Morgan fingerprint density at radius 1 is 1.21 bits per heavy atom. The van der Waals surface area contributed by atoms with E-state index in [0.717, 1.165) is 10.9 Å². The first-order valence-corrected chi connectivity index (χ1v) is 5.96. The molecule has 0 saturated heterocycles. The van der Waals surface area contributed by atoms with Crippen molar-refractivity contribution in [3.63, 3.8) is 0 Å². The van der Waals surface area contributed by atoms with Gasteiger partial charge in [0.25, 0.3) is 0 Å². The minimum atomic E-state index is -0.182. The molecular formula is C15H12N2O2. The maximum absolute atomic E-state index is 12.2. The van der Waals surface area contributed by atoms with Crippen LogP contribution >= 0.6 is 0 Å². The lowest BCUT2D eigenvalue weighted by molar-refractivity contribution is 0.101. The van der Waals surface area contributed by atoms with Crippen molar-refractivity contribution in [1.29, 1.82) is 0 Å². The van der Waals surface area contributed by atoms with Crippen LogP contribution in [0.5, 0.6) is 0 Å². The number of nitrogens with two attached hydrogens (primary N) is 1. The average molecular weight is 252 g/mol. The van der Waals surface area contributed by atoms with Gasteiger partial charge in [-0.25, -0.2) is 0 Å². The van der Waals surface area contributed by atoms with Crippen LogP contribution in [0.3, 0.4) is 0 Å². The van der Waals surface area contributed by atoms with Gasteiger partial charge in [-0.2, -0.15) is 0 Å². The summed E-state index contributed by atoms with van der Waals surface area (Å²) in [7, 11) is 0. The largest absolute Gasteiger partial charge is 0.456 e. The zero-order valence-corrected chi connectivity index (χ0v) is 10.2. The lowest BCUT2D eigenvalue weighted by atomic mass is 10.1. The number of benzene rings is 1. The molecular weight excluding hydrogens is 240 g/mol. The molecule has 3 aromatic rings. The summed E-state index contributed by atoms with van der Waals surface area (Å²) in [5.41, 5.74) is 6.83. The highest BCUT2D eigenvalue weighted by Gasteiger charge is 2.14. The van der Waals surface area contributed by atoms with Gasteiger partial charge < -0.3 is 10.2 Å². The molecule has 0 unspecified atom stereocenters. The van der Waals surface area contributed by atoms with Gasteiger partial charge in [0.15, 0.2) is 5.76 Å². The third kappa shape index (κ3) is 2.13. The molecule has 2 N–H and O–H groups in total. The monoisotopic (exact) mass is 252 g/mol. The number of para-hydroxylation sites is 1. The molecule has 2 heterocycles. The minimum Gasteiger partial charge on any atom is -0.456 e. The molecule has 94 valence electrons. The standard InChI is InChI=1S/C15H12N2O2/c16-8-12-5-6-14(19-12)15(18)11-7-10-3-1-2-4-13(10)17-9-11/h1-7,9H,8,16H2. The van der Waals surface area contributed by atoms with Gasteiger partial charge >= 0.3 is 0 Å². The number of nitrogens with zero attached hydrogens (tertiary/aromatic N) is 1. The van der Waals surface area contributed by atoms with E-state index in [2.05, 4.69) is 4.98 Å². The normalized spacial score (nSPS) is 10.8. The van der Waals surface area contributed by atoms with Gasteiger partial charge in [0.1, 0.15) is 5.76 Å². The SMILES string of the molecule is NCc1ccc(C(=O)c2cnc3ccccc3c2)o1. The molecule has 4 nitrogen and oxygen atoms in total. The molecule has 2 aromatic heterocycles. The zero-order valence-electron chi connectivity index (χ0n) is 10.2. The summed E-state index contributed by atoms with van der Waals surface area (Å²) < 4.78 is 5.36. The van der Waals surface area contributed by atoms with Crippen molar-refractivity contribution in [3.8, 4) is 0 Å². The Kier molecular flexibility index (Phi) is 2.85. The van der Waals surface area contributed by atoms with Gasteiger partial charge in [0, 0.05) is 17.1 Å². The lowest BCUT2D eigenvalue weighted by Crippen LogP contribution is -2.01. The Hall–Kier alpha value is -2.46. The molecule has 3 rings (SSSR count). The Morgan fingerprint density at radius 3 is 2.84 bits per heavy atom. The van der Waals surface area contributed by atoms with Gasteiger partial charge in [-0.05, 0) is 24.3 Å². The lowest BCUT2D eigenvalue weighted by Gasteiger charge is -2.00. The average Bonchev–Trinajstić information content (AvgIpc) is 2.95. The molecule has 0 saturated carbocycles. The number of aromatic nitrogens is 1. The molecule has 0 aliphatic carbocycles. The van der Waals surface area contributed by atoms with Crippen molar-refractivity contribution in [2.75, 3.05) is 0 Å². The van der Waals surface area contributed by atoms with Gasteiger partial charge in [0.05, 0.1) is 12.1 Å². The van der Waals surface area contributed by atoms with Crippen molar-refractivity contribution in [2.24, 2.45) is 5.73 Å². The summed E-state index contributed by atoms with van der Waals surface area (Å²) in [5.74, 6) is 0.701. The van der Waals surface area contributed by atoms with Crippen LogP contribution in [0.4, 0.5) is 0 Å². The van der Waals surface area contributed by atoms with Crippen molar-refractivity contribution in [2.45, 2.75) is 6.54 Å². The number of ketones is 1. The number of rotatable bonds is 3. The van der Waals surface area contributed by atoms with Crippen molar-refractivity contribution in [3.05, 3.63) is 65.7 Å². The van der Waals surface area contributed by atoms with E-state index in [1.165, 1.54) is 0 Å². The minimum absolute atomic E-state index is 0.182. The summed E-state index contributed by atoms with van der Waals surface area (Å²) >= 11 is 0. The van der Waals surface area contributed by atoms with Crippen LogP contribution in [0.15, 0.2) is 53.1 Å². The van der Waals surface area contributed by atoms with Gasteiger partial charge in [0.2, 0.25) is 5.78 Å². The number of fused-ring (bicyclic) bond motifs is 1. The predicted octanol–water partition coefficient (Wildman–Crippen LogP) is 2.52. The van der Waals surface area contributed by atoms with Crippen molar-refractivity contribution in [1.82, 2.24) is 4.98 Å². The highest BCUT2D eigenvalue weighted by Crippen LogP contribution is 2.17. The fourth-order valence-corrected chi connectivity index (χ4v) is 1.95. The Morgan fingerprint density at radius 2 is 2.05 bits per heavy atom. The second kappa shape index (κ2) is 4.66. The van der Waals surface area contributed by atoms with Crippen molar-refractivity contribution >= 4 is 16.7 Å². The number of hydrogen-bond acceptors (Lipinski definition) is 4. The number of carbonyl (C=O) groups excluding carboxylic acids is 1. The molecule has 0 spiro atoms. The number of furan rings is 1. The van der Waals surface area contributed by atoms with Crippen LogP contribution in [0.25, 0.3) is 10.9 Å². The van der Waals surface area contributed by atoms with E-state index < -0.39 is 0 Å². The van der Waals surface area contributed by atoms with Crippen LogP contribution in [-0.4, -0.2) is 10.8 Å². The number of carbonyl (C=O) groups is 1. The highest BCUT2D eigenvalue weighted by molar-refractivity contribution is 6.08. The van der Waals surface area contributed by atoms with E-state index in [1.807, 2.05) is 30.3 Å². The molecule has 1 aromatic carbocycles. The van der Waals surface area contributed by atoms with E-state index in [9.17, 15) is 4.79 Å². The summed E-state index contributed by atoms with van der Waals surface area (Å²) in [4.78, 5) is 16.5. The zero-order chi connectivity index (χ0) is 13.2. The van der Waals surface area contributed by atoms with E-state index in [4.69, 9.17) is 10.2 Å². The van der Waals surface area contributed by atoms with Crippen LogP contribution in [0, 0.1) is 0 Å². The number of pyridine rings is 1. The van der Waals surface area contributed by atoms with Crippen LogP contribution in [-0.2, 0) is 6.54 Å². The molecule has 4 heteroatoms. The van der Waals surface area contributed by atoms with Crippen LogP contribution < -0.4 is 5.73 Å². The van der Waals surface area contributed by atoms with Gasteiger partial charge in [-0.1, -0.05) is 18.2 Å². The Labute approximate surface area is 109 Å². The molecule has 0 atom stereocenters. The van der Waals surface area contributed by atoms with Crippen molar-refractivity contribution < 1.29 is 9.21 Å². The molecule has 0 aliphatic rings. The first-order chi connectivity index (χ1) is 9.28. The molecule has 0 aliphatic heterocycles. The van der Waals surface area contributed by atoms with E-state index in [1.54, 1.807) is 18.3 Å². The topological polar surface area (TPSA) is 69.1 Å². The third-order valence-electron chi connectivity index (χ3n) is 2.94. The second-order valence-electron chi connectivity index (χ2n) is 4.22. The van der Waals surface area contributed by atoms with Gasteiger partial charge in [-0.15, -0.1) is 0 Å². The smallest absolute Gasteiger partial charge is 0.229 e. The second-order valence-corrected chi connectivity index (χ2v) is 4.22. The van der Waals surface area contributed by atoms with E-state index in [-0.39, 0.29) is 18.1 Å². The molecule has 0 radical (unpaired) electrons. The first-order valence-electron chi connectivity index (χ1n) is 5.96. The maximum atomic E-state index is 12.2. The summed E-state index contributed by atoms with van der Waals surface area (Å²) in [6.45, 7) is 0.281. The fourth-order valence-electron chi connectivity index (χ4n) is 1.95. The van der Waals surface area contributed by atoms with E-state index in [0.29, 0.717) is 11.3 Å². The third-order valence-corrected chi connectivity index (χ3v) is 2.94. The quantitative estimate of drug-likeness (QED) is 0.727. The fraction of sp³-hybridized carbons (Fsp3) is 0.0667. The molecule has 0 amide bonds. The number of hydrogen-bond donors (Lipinski definition) is 1. The summed E-state index contributed by atoms with van der Waals surface area (Å²) in [6, 6.07) is 12.8. The van der Waals surface area contributed by atoms with Crippen LogP contribution in [0.2, 0.25) is 0 Å². The predicted molar refractivity (Wildman–Crippen MR) is 71.8 cm³/mol. The summed E-state index contributed by atoms with van der Waals surface area (Å²) in [5, 5.41) is 0.930. The maximum Gasteiger partial charge on any atom is 0.229 e. The summed E-state index contributed by atoms with van der Waals surface area (Å²) in [6.07, 6.45) is 1.56. The highest BCUT2D eigenvalue weighted by atomic mass is 16.3.